The van der Waals surface area contributed by atoms with Crippen LogP contribution in [0.3, 0.4) is 0 Å². The summed E-state index contributed by atoms with van der Waals surface area (Å²) in [5, 5.41) is 9.84. The molecule has 0 aromatic carbocycles. The molecule has 0 spiro atoms. The quantitative estimate of drug-likeness (QED) is 0.915. The lowest BCUT2D eigenvalue weighted by molar-refractivity contribution is -0.151. The Morgan fingerprint density at radius 3 is 2.52 bits per heavy atom. The van der Waals surface area contributed by atoms with Gasteiger partial charge in [-0.3, -0.25) is 9.78 Å². The molecule has 0 atom stereocenters. The number of hydrogen-bond acceptors (Lipinski definition) is 3. The molecule has 4 heteroatoms. The van der Waals surface area contributed by atoms with Gasteiger partial charge in [0, 0.05) is 30.9 Å². The molecule has 0 bridgehead atoms. The van der Waals surface area contributed by atoms with Crippen molar-refractivity contribution in [3.8, 4) is 0 Å². The van der Waals surface area contributed by atoms with E-state index in [1.54, 1.807) is 0 Å². The van der Waals surface area contributed by atoms with Gasteiger partial charge in [-0.1, -0.05) is 20.8 Å². The number of aliphatic hydroxyl groups is 1. The summed E-state index contributed by atoms with van der Waals surface area (Å²) in [4.78, 5) is 19.1. The van der Waals surface area contributed by atoms with E-state index in [0.717, 1.165) is 32.4 Å². The second kappa shape index (κ2) is 6.71. The van der Waals surface area contributed by atoms with Gasteiger partial charge in [-0.25, -0.2) is 0 Å². The fourth-order valence-corrected chi connectivity index (χ4v) is 4.14. The van der Waals surface area contributed by atoms with Gasteiger partial charge in [0.2, 0.25) is 5.91 Å². The van der Waals surface area contributed by atoms with Gasteiger partial charge < -0.3 is 10.0 Å². The first kappa shape index (κ1) is 18.4. The predicted molar refractivity (Wildman–Crippen MR) is 99.3 cm³/mol. The minimum atomic E-state index is -0.623. The predicted octanol–water partition coefficient (Wildman–Crippen LogP) is 3.32. The smallest absolute Gasteiger partial charge is 0.225 e. The minimum absolute atomic E-state index is 0.0386. The van der Waals surface area contributed by atoms with Crippen LogP contribution in [0.15, 0.2) is 18.3 Å². The first-order chi connectivity index (χ1) is 11.6. The van der Waals surface area contributed by atoms with Crippen LogP contribution in [-0.2, 0) is 16.6 Å². The molecule has 1 aliphatic carbocycles. The van der Waals surface area contributed by atoms with Crippen molar-refractivity contribution in [2.24, 2.45) is 11.8 Å². The van der Waals surface area contributed by atoms with Crippen LogP contribution < -0.4 is 0 Å². The maximum absolute atomic E-state index is 12.5. The lowest BCUT2D eigenvalue weighted by Gasteiger charge is -2.43. The number of piperidine rings is 1. The molecule has 1 aromatic rings. The molecule has 0 radical (unpaired) electrons. The summed E-state index contributed by atoms with van der Waals surface area (Å²) < 4.78 is 0. The highest BCUT2D eigenvalue weighted by Gasteiger charge is 2.44. The Labute approximate surface area is 151 Å². The van der Waals surface area contributed by atoms with Crippen LogP contribution in [0.25, 0.3) is 0 Å². The van der Waals surface area contributed by atoms with Crippen molar-refractivity contribution in [1.82, 2.24) is 9.88 Å². The van der Waals surface area contributed by atoms with Crippen LogP contribution >= 0.6 is 0 Å². The second-order valence-electron chi connectivity index (χ2n) is 9.36. The van der Waals surface area contributed by atoms with Crippen LogP contribution in [0.2, 0.25) is 0 Å². The van der Waals surface area contributed by atoms with E-state index < -0.39 is 5.60 Å². The second-order valence-corrected chi connectivity index (χ2v) is 9.36. The lowest BCUT2D eigenvalue weighted by Crippen LogP contribution is -2.51. The molecule has 2 fully saturated rings. The fraction of sp³-hybridized carbons (Fsp3) is 0.714. The topological polar surface area (TPSA) is 53.4 Å². The number of pyridine rings is 1. The average molecular weight is 344 g/mol. The van der Waals surface area contributed by atoms with Gasteiger partial charge >= 0.3 is 0 Å². The highest BCUT2D eigenvalue weighted by Crippen LogP contribution is 2.39. The summed E-state index contributed by atoms with van der Waals surface area (Å²) in [6, 6.07) is 4.35. The van der Waals surface area contributed by atoms with Gasteiger partial charge in [-0.15, -0.1) is 0 Å². The van der Waals surface area contributed by atoms with Gasteiger partial charge in [-0.2, -0.15) is 0 Å². The van der Waals surface area contributed by atoms with Crippen molar-refractivity contribution >= 4 is 5.91 Å². The summed E-state index contributed by atoms with van der Waals surface area (Å²) >= 11 is 0. The normalized spacial score (nSPS) is 27.9. The Bertz CT molecular complexity index is 617. The van der Waals surface area contributed by atoms with E-state index in [-0.39, 0.29) is 17.2 Å². The summed E-state index contributed by atoms with van der Waals surface area (Å²) in [6.45, 7) is 10.2. The number of amides is 1. The molecule has 0 unspecified atom stereocenters. The first-order valence-corrected chi connectivity index (χ1v) is 9.61. The Hall–Kier alpha value is -1.42. The van der Waals surface area contributed by atoms with Crippen LogP contribution in [0.1, 0.15) is 64.6 Å². The monoisotopic (exact) mass is 344 g/mol. The number of likely N-dealkylation sites (tertiary alicyclic amines) is 1. The molecule has 1 aromatic heterocycles. The van der Waals surface area contributed by atoms with Gasteiger partial charge in [0.1, 0.15) is 0 Å². The Balaban J connectivity index is 1.51. The molecule has 1 amide bonds. The summed E-state index contributed by atoms with van der Waals surface area (Å²) in [5.74, 6) is 0.894. The van der Waals surface area contributed by atoms with Gasteiger partial charge in [0.25, 0.3) is 0 Å². The molecular formula is C21H32N2O2. The number of carbonyl (C=O) groups is 1. The van der Waals surface area contributed by atoms with E-state index >= 15 is 0 Å². The van der Waals surface area contributed by atoms with E-state index in [9.17, 15) is 9.90 Å². The van der Waals surface area contributed by atoms with Crippen molar-refractivity contribution in [3.63, 3.8) is 0 Å². The molecule has 1 saturated carbocycles. The third-order valence-electron chi connectivity index (χ3n) is 5.83. The minimum Gasteiger partial charge on any atom is -0.390 e. The molecule has 3 rings (SSSR count). The van der Waals surface area contributed by atoms with Crippen LogP contribution in [-0.4, -0.2) is 39.6 Å². The number of nitrogens with zero attached hydrogens (tertiary/aromatic N) is 2. The summed E-state index contributed by atoms with van der Waals surface area (Å²) in [5.41, 5.74) is 2.04. The molecular weight excluding hydrogens is 312 g/mol. The van der Waals surface area contributed by atoms with E-state index in [1.165, 1.54) is 11.3 Å². The van der Waals surface area contributed by atoms with Crippen molar-refractivity contribution in [3.05, 3.63) is 29.6 Å². The Morgan fingerprint density at radius 2 is 1.96 bits per heavy atom. The highest BCUT2D eigenvalue weighted by atomic mass is 16.3. The zero-order valence-corrected chi connectivity index (χ0v) is 16.1. The zero-order valence-electron chi connectivity index (χ0n) is 16.1. The maximum Gasteiger partial charge on any atom is 0.225 e. The number of rotatable bonds is 3. The standard InChI is InChI=1S/C21H32N2O2/c1-20(2,3)17-5-8-22-18(12-17)11-15-6-9-23(10-7-15)19(24)16-13-21(4,25)14-16/h5,8,12,15-16,25H,6-7,9-11,13-14H2,1-4H3. The van der Waals surface area contributed by atoms with Crippen molar-refractivity contribution < 1.29 is 9.90 Å². The summed E-state index contributed by atoms with van der Waals surface area (Å²) in [6.07, 6.45) is 6.28. The average Bonchev–Trinajstić information content (AvgIpc) is 2.52. The summed E-state index contributed by atoms with van der Waals surface area (Å²) in [7, 11) is 0. The van der Waals surface area contributed by atoms with E-state index in [1.807, 2.05) is 18.0 Å². The third-order valence-corrected chi connectivity index (χ3v) is 5.83. The first-order valence-electron chi connectivity index (χ1n) is 9.61. The van der Waals surface area contributed by atoms with E-state index in [4.69, 9.17) is 0 Å². The number of aromatic nitrogens is 1. The molecule has 2 aliphatic rings. The molecule has 138 valence electrons. The molecule has 1 aliphatic heterocycles. The zero-order chi connectivity index (χ0) is 18.2. The lowest BCUT2D eigenvalue weighted by atomic mass is 9.71. The molecule has 25 heavy (non-hydrogen) atoms. The van der Waals surface area contributed by atoms with Gasteiger partial charge in [0.05, 0.1) is 5.60 Å². The van der Waals surface area contributed by atoms with Crippen LogP contribution in [0.5, 0.6) is 0 Å². The van der Waals surface area contributed by atoms with Crippen molar-refractivity contribution in [2.75, 3.05) is 13.1 Å². The molecule has 2 heterocycles. The molecule has 1 N–H and O–H groups in total. The van der Waals surface area contributed by atoms with Gasteiger partial charge in [0.15, 0.2) is 0 Å². The Kier molecular flexibility index (Phi) is 4.93. The highest BCUT2D eigenvalue weighted by molar-refractivity contribution is 5.80. The molecule has 1 saturated heterocycles. The van der Waals surface area contributed by atoms with Gasteiger partial charge in [-0.05, 0) is 68.1 Å². The van der Waals surface area contributed by atoms with Crippen molar-refractivity contribution in [1.29, 1.82) is 0 Å². The van der Waals surface area contributed by atoms with E-state index in [2.05, 4.69) is 37.9 Å². The molecule has 4 nitrogen and oxygen atoms in total. The van der Waals surface area contributed by atoms with Crippen LogP contribution in [0, 0.1) is 11.8 Å². The third kappa shape index (κ3) is 4.41. The van der Waals surface area contributed by atoms with Crippen molar-refractivity contribution in [2.45, 2.75) is 70.8 Å². The van der Waals surface area contributed by atoms with E-state index in [0.29, 0.717) is 18.8 Å². The SMILES string of the molecule is CC1(O)CC(C(=O)N2CCC(Cc3cc(C(C)(C)C)ccn3)CC2)C1. The maximum atomic E-state index is 12.5. The number of hydrogen-bond donors (Lipinski definition) is 1. The Morgan fingerprint density at radius 1 is 1.32 bits per heavy atom. The largest absolute Gasteiger partial charge is 0.390 e. The number of carbonyl (C=O) groups excluding carboxylic acids is 1. The fourth-order valence-electron chi connectivity index (χ4n) is 4.14. The van der Waals surface area contributed by atoms with Crippen LogP contribution in [0.4, 0.5) is 0 Å².